The molecule has 166 valence electrons. The van der Waals surface area contributed by atoms with Crippen molar-refractivity contribution in [3.05, 3.63) is 47.9 Å². The second kappa shape index (κ2) is 7.39. The molecule has 4 heterocycles. The molecule has 2 bridgehead atoms. The van der Waals surface area contributed by atoms with Crippen LogP contribution in [0.4, 0.5) is 32.2 Å². The summed E-state index contributed by atoms with van der Waals surface area (Å²) in [6.07, 6.45) is 3.96. The average molecular weight is 438 g/mol. The molecule has 1 aliphatic carbocycles. The molecule has 8 nitrogen and oxygen atoms in total. The second-order valence-electron chi connectivity index (χ2n) is 8.90. The van der Waals surface area contributed by atoms with Gasteiger partial charge >= 0.3 is 0 Å². The third-order valence-electron chi connectivity index (χ3n) is 6.89. The maximum atomic E-state index is 13.7. The van der Waals surface area contributed by atoms with E-state index in [1.165, 1.54) is 6.07 Å². The highest BCUT2D eigenvalue weighted by Crippen LogP contribution is 2.40. The van der Waals surface area contributed by atoms with Gasteiger partial charge in [0.05, 0.1) is 6.54 Å². The Morgan fingerprint density at radius 3 is 2.56 bits per heavy atom. The molecule has 1 saturated heterocycles. The zero-order valence-corrected chi connectivity index (χ0v) is 17.7. The molecular weight excluding hydrogens is 414 g/mol. The summed E-state index contributed by atoms with van der Waals surface area (Å²) < 4.78 is 28.9. The van der Waals surface area contributed by atoms with Gasteiger partial charge in [-0.15, -0.1) is 5.10 Å². The Morgan fingerprint density at radius 1 is 1.00 bits per heavy atom. The van der Waals surface area contributed by atoms with E-state index < -0.39 is 11.6 Å². The minimum atomic E-state index is -0.860. The first-order chi connectivity index (χ1) is 15.5. The summed E-state index contributed by atoms with van der Waals surface area (Å²) in [5.41, 5.74) is 1.56. The molecule has 0 amide bonds. The van der Waals surface area contributed by atoms with Gasteiger partial charge in [-0.05, 0) is 43.7 Å². The third-order valence-corrected chi connectivity index (χ3v) is 6.89. The van der Waals surface area contributed by atoms with Crippen molar-refractivity contribution in [3.63, 3.8) is 0 Å². The van der Waals surface area contributed by atoms with E-state index in [4.69, 9.17) is 4.98 Å². The van der Waals surface area contributed by atoms with Crippen LogP contribution in [0.2, 0.25) is 0 Å². The van der Waals surface area contributed by atoms with E-state index in [2.05, 4.69) is 25.3 Å². The van der Waals surface area contributed by atoms with Gasteiger partial charge in [-0.1, -0.05) is 0 Å². The number of nitrogens with one attached hydrogen (secondary N) is 1. The van der Waals surface area contributed by atoms with Crippen molar-refractivity contribution in [3.8, 4) is 0 Å². The van der Waals surface area contributed by atoms with E-state index in [9.17, 15) is 8.78 Å². The molecule has 2 aromatic heterocycles. The molecule has 10 heteroatoms. The van der Waals surface area contributed by atoms with Crippen LogP contribution in [0.3, 0.4) is 0 Å². The normalized spacial score (nSPS) is 24.2. The van der Waals surface area contributed by atoms with Crippen LogP contribution in [-0.4, -0.2) is 50.4 Å². The SMILES string of the molecule is Cc1cc(N2C[C@H]3CC[C@@H](C2)[C@H]3Nc2nc3n(n2)CCN3c2ccc(F)c(F)c2)ncn1. The number of anilines is 4. The smallest absolute Gasteiger partial charge is 0.244 e. The Labute approximate surface area is 184 Å². The second-order valence-corrected chi connectivity index (χ2v) is 8.90. The highest BCUT2D eigenvalue weighted by Gasteiger charge is 2.43. The minimum absolute atomic E-state index is 0.314. The van der Waals surface area contributed by atoms with Crippen LogP contribution in [-0.2, 0) is 6.54 Å². The standard InChI is InChI=1S/C22H24F2N8/c1-13-8-19(26-12-25-13)30-10-14-2-3-15(11-30)20(14)27-21-28-22-31(6-7-32(22)29-21)16-4-5-17(23)18(24)9-16/h4-5,8-9,12,14-15,20H,2-3,6-7,10-11H2,1H3,(H,27,29)/t14-,15+,20+. The maximum Gasteiger partial charge on any atom is 0.244 e. The predicted molar refractivity (Wildman–Crippen MR) is 116 cm³/mol. The molecule has 0 spiro atoms. The molecule has 0 unspecified atom stereocenters. The van der Waals surface area contributed by atoms with Crippen molar-refractivity contribution in [1.82, 2.24) is 24.7 Å². The van der Waals surface area contributed by atoms with Crippen LogP contribution >= 0.6 is 0 Å². The number of nitrogens with zero attached hydrogens (tertiary/aromatic N) is 7. The van der Waals surface area contributed by atoms with Crippen LogP contribution in [0.15, 0.2) is 30.6 Å². The summed E-state index contributed by atoms with van der Waals surface area (Å²) in [4.78, 5) is 17.6. The highest BCUT2D eigenvalue weighted by atomic mass is 19.2. The summed E-state index contributed by atoms with van der Waals surface area (Å²) in [6, 6.07) is 6.28. The molecule has 1 aromatic carbocycles. The Kier molecular flexibility index (Phi) is 4.48. The lowest BCUT2D eigenvalue weighted by atomic mass is 9.92. The molecule has 1 N–H and O–H groups in total. The monoisotopic (exact) mass is 438 g/mol. The number of halogens is 2. The molecule has 6 rings (SSSR count). The van der Waals surface area contributed by atoms with Gasteiger partial charge in [-0.2, -0.15) is 4.98 Å². The van der Waals surface area contributed by atoms with Crippen LogP contribution < -0.4 is 15.1 Å². The van der Waals surface area contributed by atoms with Crippen LogP contribution in [0.1, 0.15) is 18.5 Å². The lowest BCUT2D eigenvalue weighted by Crippen LogP contribution is -2.48. The zero-order chi connectivity index (χ0) is 21.8. The molecule has 32 heavy (non-hydrogen) atoms. The van der Waals surface area contributed by atoms with Crippen molar-refractivity contribution in [2.75, 3.05) is 34.8 Å². The Morgan fingerprint density at radius 2 is 1.81 bits per heavy atom. The third kappa shape index (κ3) is 3.25. The largest absolute Gasteiger partial charge is 0.356 e. The summed E-state index contributed by atoms with van der Waals surface area (Å²) in [5.74, 6) is 1.51. The Hall–Kier alpha value is -3.30. The van der Waals surface area contributed by atoms with Gasteiger partial charge in [-0.3, -0.25) is 0 Å². The quantitative estimate of drug-likeness (QED) is 0.671. The fourth-order valence-electron chi connectivity index (χ4n) is 5.34. The van der Waals surface area contributed by atoms with Gasteiger partial charge in [0.25, 0.3) is 0 Å². The van der Waals surface area contributed by atoms with Gasteiger partial charge in [0, 0.05) is 49.2 Å². The van der Waals surface area contributed by atoms with E-state index in [0.717, 1.165) is 43.5 Å². The zero-order valence-electron chi connectivity index (χ0n) is 17.7. The topological polar surface area (TPSA) is 75.0 Å². The lowest BCUT2D eigenvalue weighted by Gasteiger charge is -2.38. The Balaban J connectivity index is 1.18. The summed E-state index contributed by atoms with van der Waals surface area (Å²) >= 11 is 0. The summed E-state index contributed by atoms with van der Waals surface area (Å²) in [6.45, 7) is 5.16. The fourth-order valence-corrected chi connectivity index (χ4v) is 5.34. The van der Waals surface area contributed by atoms with Crippen molar-refractivity contribution in [1.29, 1.82) is 0 Å². The number of hydrogen-bond donors (Lipinski definition) is 1. The van der Waals surface area contributed by atoms with Crippen molar-refractivity contribution >= 4 is 23.4 Å². The van der Waals surface area contributed by atoms with Crippen molar-refractivity contribution in [2.45, 2.75) is 32.4 Å². The lowest BCUT2D eigenvalue weighted by molar-refractivity contribution is 0.374. The number of fused-ring (bicyclic) bond motifs is 3. The van der Waals surface area contributed by atoms with Gasteiger partial charge in [0.2, 0.25) is 11.9 Å². The maximum absolute atomic E-state index is 13.7. The first-order valence-electron chi connectivity index (χ1n) is 11.0. The molecule has 0 radical (unpaired) electrons. The van der Waals surface area contributed by atoms with Gasteiger partial charge in [-0.25, -0.2) is 23.4 Å². The fraction of sp³-hybridized carbons (Fsp3) is 0.455. The average Bonchev–Trinajstić information content (AvgIpc) is 3.41. The minimum Gasteiger partial charge on any atom is -0.356 e. The summed E-state index contributed by atoms with van der Waals surface area (Å²) in [5, 5.41) is 8.22. The van der Waals surface area contributed by atoms with E-state index >= 15 is 0 Å². The molecule has 3 aliphatic rings. The van der Waals surface area contributed by atoms with E-state index in [-0.39, 0.29) is 0 Å². The number of aryl methyl sites for hydroxylation is 1. The highest BCUT2D eigenvalue weighted by molar-refractivity contribution is 5.60. The van der Waals surface area contributed by atoms with E-state index in [1.807, 2.05) is 22.6 Å². The Bertz CT molecular complexity index is 1150. The van der Waals surface area contributed by atoms with E-state index in [1.54, 1.807) is 12.4 Å². The number of piperidine rings is 1. The molecule has 2 fully saturated rings. The van der Waals surface area contributed by atoms with Gasteiger partial charge in [0.15, 0.2) is 11.6 Å². The molecular formula is C22H24F2N8. The van der Waals surface area contributed by atoms with Crippen molar-refractivity contribution in [2.24, 2.45) is 11.8 Å². The van der Waals surface area contributed by atoms with Crippen molar-refractivity contribution < 1.29 is 8.78 Å². The number of hydrogen-bond acceptors (Lipinski definition) is 7. The van der Waals surface area contributed by atoms with E-state index in [0.29, 0.717) is 48.6 Å². The molecule has 3 atom stereocenters. The summed E-state index contributed by atoms with van der Waals surface area (Å²) in [7, 11) is 0. The van der Waals surface area contributed by atoms with Crippen LogP contribution in [0.5, 0.6) is 0 Å². The first kappa shape index (κ1) is 19.4. The van der Waals surface area contributed by atoms with Crippen LogP contribution in [0.25, 0.3) is 0 Å². The number of aromatic nitrogens is 5. The molecule has 3 aromatic rings. The van der Waals surface area contributed by atoms with Gasteiger partial charge < -0.3 is 15.1 Å². The molecule has 2 aliphatic heterocycles. The number of rotatable bonds is 4. The first-order valence-corrected chi connectivity index (χ1v) is 11.0. The predicted octanol–water partition coefficient (Wildman–Crippen LogP) is 3.13. The number of benzene rings is 1. The van der Waals surface area contributed by atoms with Crippen LogP contribution in [0, 0.1) is 30.4 Å². The molecule has 1 saturated carbocycles. The van der Waals surface area contributed by atoms with Gasteiger partial charge in [0.1, 0.15) is 12.1 Å².